The lowest BCUT2D eigenvalue weighted by Crippen LogP contribution is -2.31. The molecule has 0 aromatic heterocycles. The Bertz CT molecular complexity index is 283. The highest BCUT2D eigenvalue weighted by Crippen LogP contribution is 2.42. The van der Waals surface area contributed by atoms with Gasteiger partial charge in [0.05, 0.1) is 24.3 Å². The Balaban J connectivity index is 2.07. The van der Waals surface area contributed by atoms with Crippen molar-refractivity contribution >= 4 is 11.8 Å². The molecule has 1 heterocycles. The van der Waals surface area contributed by atoms with E-state index in [2.05, 4.69) is 0 Å². The van der Waals surface area contributed by atoms with Crippen molar-refractivity contribution in [2.24, 2.45) is 11.8 Å². The van der Waals surface area contributed by atoms with Crippen LogP contribution < -0.4 is 0 Å². The molecular formula is C9H10N2O2. The van der Waals surface area contributed by atoms with Crippen LogP contribution in [0.15, 0.2) is 0 Å². The van der Waals surface area contributed by atoms with Crippen molar-refractivity contribution in [3.63, 3.8) is 0 Å². The molecule has 1 saturated carbocycles. The minimum Gasteiger partial charge on any atom is -0.281 e. The minimum atomic E-state index is -0.0588. The number of amides is 2. The number of fused-ring (bicyclic) bond motifs is 1. The number of hydrogen-bond donors (Lipinski definition) is 0. The molecule has 2 fully saturated rings. The smallest absolute Gasteiger partial charge is 0.233 e. The fourth-order valence-corrected chi connectivity index (χ4v) is 1.98. The third-order valence-electron chi connectivity index (χ3n) is 2.89. The zero-order chi connectivity index (χ0) is 9.42. The van der Waals surface area contributed by atoms with Gasteiger partial charge in [-0.1, -0.05) is 0 Å². The molecule has 0 aromatic carbocycles. The minimum absolute atomic E-state index is 0.0498. The van der Waals surface area contributed by atoms with Crippen molar-refractivity contribution in [2.75, 3.05) is 6.54 Å². The van der Waals surface area contributed by atoms with Crippen LogP contribution in [0, 0.1) is 23.2 Å². The molecule has 0 spiro atoms. The van der Waals surface area contributed by atoms with Crippen molar-refractivity contribution in [3.8, 4) is 6.07 Å². The van der Waals surface area contributed by atoms with Crippen LogP contribution in [0.25, 0.3) is 0 Å². The first kappa shape index (κ1) is 8.24. The number of nitriles is 1. The first-order valence-electron chi connectivity index (χ1n) is 4.48. The zero-order valence-corrected chi connectivity index (χ0v) is 7.19. The standard InChI is InChI=1S/C9H10N2O2/c10-4-1-5-11-8(12)6-2-3-7(6)9(11)13/h6-7H,1-3,5H2/t6-,7+. The number of rotatable bonds is 2. The van der Waals surface area contributed by atoms with Crippen molar-refractivity contribution in [3.05, 3.63) is 0 Å². The normalized spacial score (nSPS) is 31.2. The molecule has 2 aliphatic rings. The molecule has 1 aliphatic heterocycles. The second-order valence-electron chi connectivity index (χ2n) is 3.53. The summed E-state index contributed by atoms with van der Waals surface area (Å²) >= 11 is 0. The number of carbonyl (C=O) groups is 2. The van der Waals surface area contributed by atoms with Crippen LogP contribution in [-0.2, 0) is 9.59 Å². The highest BCUT2D eigenvalue weighted by atomic mass is 16.2. The molecule has 13 heavy (non-hydrogen) atoms. The molecule has 2 atom stereocenters. The van der Waals surface area contributed by atoms with Crippen molar-refractivity contribution in [2.45, 2.75) is 19.3 Å². The van der Waals surface area contributed by atoms with Gasteiger partial charge in [-0.05, 0) is 12.8 Å². The van der Waals surface area contributed by atoms with Crippen molar-refractivity contribution in [1.82, 2.24) is 4.90 Å². The first-order chi connectivity index (χ1) is 6.25. The highest BCUT2D eigenvalue weighted by Gasteiger charge is 2.52. The van der Waals surface area contributed by atoms with E-state index >= 15 is 0 Å². The van der Waals surface area contributed by atoms with E-state index in [1.165, 1.54) is 4.90 Å². The van der Waals surface area contributed by atoms with Gasteiger partial charge < -0.3 is 0 Å². The number of carbonyl (C=O) groups excluding carboxylic acids is 2. The molecule has 0 N–H and O–H groups in total. The Kier molecular flexibility index (Phi) is 1.80. The Morgan fingerprint density at radius 3 is 2.23 bits per heavy atom. The van der Waals surface area contributed by atoms with Crippen LogP contribution in [0.5, 0.6) is 0 Å². The van der Waals surface area contributed by atoms with Gasteiger partial charge >= 0.3 is 0 Å². The van der Waals surface area contributed by atoms with Crippen LogP contribution in [0.4, 0.5) is 0 Å². The summed E-state index contributed by atoms with van der Waals surface area (Å²) in [6.45, 7) is 0.279. The van der Waals surface area contributed by atoms with Crippen LogP contribution in [-0.4, -0.2) is 23.3 Å². The van der Waals surface area contributed by atoms with Gasteiger partial charge in [-0.15, -0.1) is 0 Å². The number of hydrogen-bond acceptors (Lipinski definition) is 3. The molecule has 1 saturated heterocycles. The molecule has 4 nitrogen and oxygen atoms in total. The molecule has 0 radical (unpaired) electrons. The van der Waals surface area contributed by atoms with E-state index in [1.54, 1.807) is 0 Å². The van der Waals surface area contributed by atoms with E-state index in [0.29, 0.717) is 0 Å². The molecule has 0 unspecified atom stereocenters. The second-order valence-corrected chi connectivity index (χ2v) is 3.53. The van der Waals surface area contributed by atoms with Crippen LogP contribution >= 0.6 is 0 Å². The van der Waals surface area contributed by atoms with Gasteiger partial charge in [-0.3, -0.25) is 14.5 Å². The maximum absolute atomic E-state index is 11.5. The molecular weight excluding hydrogens is 168 g/mol. The fraction of sp³-hybridized carbons (Fsp3) is 0.667. The summed E-state index contributed by atoms with van der Waals surface area (Å²) in [6, 6.07) is 1.94. The third kappa shape index (κ3) is 1.04. The van der Waals surface area contributed by atoms with Gasteiger partial charge in [-0.25, -0.2) is 0 Å². The monoisotopic (exact) mass is 178 g/mol. The predicted molar refractivity (Wildman–Crippen MR) is 43.2 cm³/mol. The maximum Gasteiger partial charge on any atom is 0.233 e. The Labute approximate surface area is 76.1 Å². The molecule has 4 heteroatoms. The van der Waals surface area contributed by atoms with Gasteiger partial charge in [0.15, 0.2) is 0 Å². The quantitative estimate of drug-likeness (QED) is 0.571. The van der Waals surface area contributed by atoms with E-state index in [-0.39, 0.29) is 36.6 Å². The molecule has 0 bridgehead atoms. The Hall–Kier alpha value is -1.37. The summed E-state index contributed by atoms with van der Waals surface area (Å²) in [5, 5.41) is 8.35. The highest BCUT2D eigenvalue weighted by molar-refractivity contribution is 6.06. The van der Waals surface area contributed by atoms with E-state index in [4.69, 9.17) is 5.26 Å². The fourth-order valence-electron chi connectivity index (χ4n) is 1.98. The van der Waals surface area contributed by atoms with E-state index in [0.717, 1.165) is 12.8 Å². The molecule has 1 aliphatic carbocycles. The lowest BCUT2D eigenvalue weighted by Gasteiger charge is -2.24. The number of imide groups is 1. The zero-order valence-electron chi connectivity index (χ0n) is 7.19. The van der Waals surface area contributed by atoms with Crippen LogP contribution in [0.2, 0.25) is 0 Å². The lowest BCUT2D eigenvalue weighted by molar-refractivity contribution is -0.139. The lowest BCUT2D eigenvalue weighted by atomic mass is 9.76. The topological polar surface area (TPSA) is 61.2 Å². The summed E-state index contributed by atoms with van der Waals surface area (Å²) in [5.74, 6) is -0.217. The summed E-state index contributed by atoms with van der Waals surface area (Å²) in [7, 11) is 0. The average molecular weight is 178 g/mol. The number of nitrogens with zero attached hydrogens (tertiary/aromatic N) is 2. The van der Waals surface area contributed by atoms with Crippen molar-refractivity contribution in [1.29, 1.82) is 5.26 Å². The largest absolute Gasteiger partial charge is 0.281 e. The summed E-state index contributed by atoms with van der Waals surface area (Å²) in [5.41, 5.74) is 0. The van der Waals surface area contributed by atoms with E-state index in [1.807, 2.05) is 6.07 Å². The van der Waals surface area contributed by atoms with E-state index < -0.39 is 0 Å². The maximum atomic E-state index is 11.5. The molecule has 68 valence electrons. The van der Waals surface area contributed by atoms with Gasteiger partial charge in [-0.2, -0.15) is 5.26 Å². The summed E-state index contributed by atoms with van der Waals surface area (Å²) < 4.78 is 0. The Morgan fingerprint density at radius 1 is 1.31 bits per heavy atom. The van der Waals surface area contributed by atoms with Gasteiger partial charge in [0.1, 0.15) is 0 Å². The van der Waals surface area contributed by atoms with Crippen molar-refractivity contribution < 1.29 is 9.59 Å². The Morgan fingerprint density at radius 2 is 1.85 bits per heavy atom. The first-order valence-corrected chi connectivity index (χ1v) is 4.48. The van der Waals surface area contributed by atoms with Gasteiger partial charge in [0, 0.05) is 6.54 Å². The third-order valence-corrected chi connectivity index (χ3v) is 2.89. The van der Waals surface area contributed by atoms with E-state index in [9.17, 15) is 9.59 Å². The summed E-state index contributed by atoms with van der Waals surface area (Å²) in [6.07, 6.45) is 1.94. The molecule has 2 rings (SSSR count). The second kappa shape index (κ2) is 2.84. The van der Waals surface area contributed by atoms with Gasteiger partial charge in [0.2, 0.25) is 11.8 Å². The predicted octanol–water partition coefficient (Wildman–Crippen LogP) is 0.295. The van der Waals surface area contributed by atoms with Crippen LogP contribution in [0.3, 0.4) is 0 Å². The molecule has 2 amide bonds. The average Bonchev–Trinajstić information content (AvgIpc) is 2.16. The molecule has 0 aromatic rings. The van der Waals surface area contributed by atoms with Crippen LogP contribution in [0.1, 0.15) is 19.3 Å². The SMILES string of the molecule is N#CCCN1C(=O)[C@H]2CC[C@H]2C1=O. The van der Waals surface area contributed by atoms with Gasteiger partial charge in [0.25, 0.3) is 0 Å². The number of likely N-dealkylation sites (tertiary alicyclic amines) is 1. The summed E-state index contributed by atoms with van der Waals surface area (Å²) in [4.78, 5) is 24.2.